The van der Waals surface area contributed by atoms with E-state index >= 15 is 0 Å². The van der Waals surface area contributed by atoms with Crippen molar-refractivity contribution in [2.45, 2.75) is 51.7 Å². The molecule has 1 spiro atoms. The highest BCUT2D eigenvalue weighted by Gasteiger charge is 2.57. The van der Waals surface area contributed by atoms with Crippen LogP contribution < -0.4 is 10.1 Å². The number of nitrogens with zero attached hydrogens (tertiary/aromatic N) is 2. The number of ether oxygens (including phenoxy) is 2. The Labute approximate surface area is 230 Å². The van der Waals surface area contributed by atoms with Crippen LogP contribution in [-0.2, 0) is 27.5 Å². The molecule has 0 unspecified atom stereocenters. The van der Waals surface area contributed by atoms with E-state index in [1.807, 2.05) is 35.2 Å². The highest BCUT2D eigenvalue weighted by Crippen LogP contribution is 2.61. The predicted molar refractivity (Wildman–Crippen MR) is 147 cm³/mol. The molecule has 2 saturated carbocycles. The van der Waals surface area contributed by atoms with E-state index in [0.717, 1.165) is 42.9 Å². The molecule has 1 N–H and O–H groups in total. The van der Waals surface area contributed by atoms with Crippen LogP contribution in [0.4, 0.5) is 0 Å². The smallest absolute Gasteiger partial charge is 0.337 e. The van der Waals surface area contributed by atoms with Crippen molar-refractivity contribution < 1.29 is 23.9 Å². The molecule has 2 amide bonds. The summed E-state index contributed by atoms with van der Waals surface area (Å²) >= 11 is 0. The highest BCUT2D eigenvalue weighted by molar-refractivity contribution is 5.89. The summed E-state index contributed by atoms with van der Waals surface area (Å²) in [5.41, 5.74) is 2.81. The maximum atomic E-state index is 12.8. The van der Waals surface area contributed by atoms with E-state index in [2.05, 4.69) is 16.3 Å². The number of hydrogen-bond donors (Lipinski definition) is 1. The molecule has 8 nitrogen and oxygen atoms in total. The molecule has 1 atom stereocenters. The Hall–Kier alpha value is -3.39. The molecule has 1 heterocycles. The summed E-state index contributed by atoms with van der Waals surface area (Å²) in [5.74, 6) is 0.656. The molecule has 1 saturated heterocycles. The van der Waals surface area contributed by atoms with Crippen molar-refractivity contribution in [2.75, 3.05) is 39.8 Å². The number of amides is 2. The van der Waals surface area contributed by atoms with Crippen LogP contribution in [0.5, 0.6) is 5.75 Å². The van der Waals surface area contributed by atoms with Crippen molar-refractivity contribution >= 4 is 17.8 Å². The lowest BCUT2D eigenvalue weighted by molar-refractivity contribution is -0.134. The van der Waals surface area contributed by atoms with Crippen LogP contribution in [0.1, 0.15) is 60.0 Å². The van der Waals surface area contributed by atoms with Crippen molar-refractivity contribution in [1.29, 1.82) is 0 Å². The summed E-state index contributed by atoms with van der Waals surface area (Å²) in [6.45, 7) is 4.08. The second kappa shape index (κ2) is 12.2. The van der Waals surface area contributed by atoms with Crippen molar-refractivity contribution in [2.24, 2.45) is 11.3 Å². The molecule has 2 aliphatic carbocycles. The van der Waals surface area contributed by atoms with E-state index in [0.29, 0.717) is 25.3 Å². The summed E-state index contributed by atoms with van der Waals surface area (Å²) in [5, 5.41) is 2.93. The first-order valence-electron chi connectivity index (χ1n) is 14.1. The van der Waals surface area contributed by atoms with Gasteiger partial charge in [-0.2, -0.15) is 0 Å². The predicted octanol–water partition coefficient (Wildman–Crippen LogP) is 3.78. The first-order valence-corrected chi connectivity index (χ1v) is 14.1. The van der Waals surface area contributed by atoms with E-state index < -0.39 is 0 Å². The number of esters is 1. The fourth-order valence-corrected chi connectivity index (χ4v) is 6.11. The Morgan fingerprint density at radius 1 is 0.949 bits per heavy atom. The first kappa shape index (κ1) is 27.2. The lowest BCUT2D eigenvalue weighted by atomic mass is 9.84. The molecule has 0 aromatic heterocycles. The van der Waals surface area contributed by atoms with Crippen LogP contribution in [0.2, 0.25) is 0 Å². The average Bonchev–Trinajstić information content (AvgIpc) is 3.68. The molecule has 2 aromatic rings. The van der Waals surface area contributed by atoms with E-state index in [1.54, 1.807) is 12.1 Å². The van der Waals surface area contributed by atoms with Gasteiger partial charge < -0.3 is 19.7 Å². The summed E-state index contributed by atoms with van der Waals surface area (Å²) in [7, 11) is 1.37. The number of hydrogen-bond acceptors (Lipinski definition) is 6. The van der Waals surface area contributed by atoms with Crippen molar-refractivity contribution in [3.63, 3.8) is 0 Å². The van der Waals surface area contributed by atoms with Crippen LogP contribution in [0, 0.1) is 11.3 Å². The van der Waals surface area contributed by atoms with Gasteiger partial charge in [0.1, 0.15) is 12.4 Å². The van der Waals surface area contributed by atoms with E-state index in [1.165, 1.54) is 39.2 Å². The molecule has 8 heteroatoms. The lowest BCUT2D eigenvalue weighted by Crippen LogP contribution is -2.51. The third kappa shape index (κ3) is 6.61. The van der Waals surface area contributed by atoms with Gasteiger partial charge >= 0.3 is 5.97 Å². The number of nitrogens with one attached hydrogen (secondary N) is 1. The van der Waals surface area contributed by atoms with Gasteiger partial charge in [0.15, 0.2) is 0 Å². The molecule has 2 aromatic carbocycles. The van der Waals surface area contributed by atoms with Gasteiger partial charge in [0.25, 0.3) is 0 Å². The zero-order chi connectivity index (χ0) is 27.2. The number of rotatable bonds is 9. The maximum absolute atomic E-state index is 12.8. The Kier molecular flexibility index (Phi) is 8.50. The first-order chi connectivity index (χ1) is 19.0. The summed E-state index contributed by atoms with van der Waals surface area (Å²) < 4.78 is 10.9. The van der Waals surface area contributed by atoms with Crippen molar-refractivity contribution in [1.82, 2.24) is 15.1 Å². The van der Waals surface area contributed by atoms with E-state index in [9.17, 15) is 14.4 Å². The Bertz CT molecular complexity index is 1170. The van der Waals surface area contributed by atoms with Gasteiger partial charge in [-0.15, -0.1) is 0 Å². The Balaban J connectivity index is 1.05. The monoisotopic (exact) mass is 533 g/mol. The van der Waals surface area contributed by atoms with Crippen LogP contribution in [0.25, 0.3) is 0 Å². The topological polar surface area (TPSA) is 88.2 Å². The van der Waals surface area contributed by atoms with Gasteiger partial charge in [-0.1, -0.05) is 49.6 Å². The van der Waals surface area contributed by atoms with Gasteiger partial charge in [-0.05, 0) is 48.4 Å². The third-order valence-electron chi connectivity index (χ3n) is 8.63. The van der Waals surface area contributed by atoms with Crippen molar-refractivity contribution in [3.05, 3.63) is 65.2 Å². The van der Waals surface area contributed by atoms with Gasteiger partial charge in [-0.3, -0.25) is 14.5 Å². The lowest BCUT2D eigenvalue weighted by Gasteiger charge is -2.35. The minimum atomic E-state index is -0.356. The van der Waals surface area contributed by atoms with Gasteiger partial charge in [0, 0.05) is 44.2 Å². The van der Waals surface area contributed by atoms with E-state index in [-0.39, 0.29) is 35.7 Å². The van der Waals surface area contributed by atoms with Gasteiger partial charge in [0.2, 0.25) is 11.8 Å². The zero-order valence-corrected chi connectivity index (χ0v) is 22.8. The minimum Gasteiger partial charge on any atom is -0.489 e. The largest absolute Gasteiger partial charge is 0.489 e. The molecule has 1 aliphatic heterocycles. The van der Waals surface area contributed by atoms with Crippen LogP contribution in [-0.4, -0.2) is 67.4 Å². The molecule has 39 heavy (non-hydrogen) atoms. The molecular weight excluding hydrogens is 494 g/mol. The molecule has 0 bridgehead atoms. The third-order valence-corrected chi connectivity index (χ3v) is 8.63. The molecule has 0 radical (unpaired) electrons. The SMILES string of the molecule is COC(=O)c1ccc(COc2ccccc2CN2CCN(C(=O)CNC(=O)[C@@H]3CC34CCCCC4)CC2)cc1. The highest BCUT2D eigenvalue weighted by atomic mass is 16.5. The molecule has 3 fully saturated rings. The van der Waals surface area contributed by atoms with Crippen molar-refractivity contribution in [3.8, 4) is 5.75 Å². The maximum Gasteiger partial charge on any atom is 0.337 e. The van der Waals surface area contributed by atoms with Crippen LogP contribution in [0.3, 0.4) is 0 Å². The second-order valence-corrected chi connectivity index (χ2v) is 11.1. The minimum absolute atomic E-state index is 0.00305. The van der Waals surface area contributed by atoms with Gasteiger partial charge in [-0.25, -0.2) is 4.79 Å². The second-order valence-electron chi connectivity index (χ2n) is 11.1. The van der Waals surface area contributed by atoms with Crippen LogP contribution in [0.15, 0.2) is 48.5 Å². The standard InChI is InChI=1S/C31H39N3O5/c1-38-30(37)24-11-9-23(10-12-24)22-39-27-8-4-3-7-25(27)21-33-15-17-34(18-16-33)28(35)20-32-29(36)26-19-31(26)13-5-2-6-14-31/h3-4,7-12,26H,2,5-6,13-22H2,1H3,(H,32,36)/t26-/m0/s1. The normalized spacial score (nSPS) is 20.3. The molecule has 3 aliphatic rings. The fraction of sp³-hybridized carbons (Fsp3) is 0.516. The summed E-state index contributed by atoms with van der Waals surface area (Å²) in [4.78, 5) is 41.2. The number of benzene rings is 2. The fourth-order valence-electron chi connectivity index (χ4n) is 6.11. The Morgan fingerprint density at radius 3 is 2.38 bits per heavy atom. The number of carbonyl (C=O) groups excluding carboxylic acids is 3. The summed E-state index contributed by atoms with van der Waals surface area (Å²) in [6.07, 6.45) is 7.08. The summed E-state index contributed by atoms with van der Waals surface area (Å²) in [6, 6.07) is 15.2. The zero-order valence-electron chi connectivity index (χ0n) is 22.8. The number of methoxy groups -OCH3 is 1. The molecule has 5 rings (SSSR count). The number of carbonyl (C=O) groups is 3. The quantitative estimate of drug-likeness (QED) is 0.494. The van der Waals surface area contributed by atoms with E-state index in [4.69, 9.17) is 9.47 Å². The average molecular weight is 534 g/mol. The molecular formula is C31H39N3O5. The Morgan fingerprint density at radius 2 is 1.67 bits per heavy atom. The van der Waals surface area contributed by atoms with Crippen LogP contribution >= 0.6 is 0 Å². The molecule has 208 valence electrons. The van der Waals surface area contributed by atoms with Gasteiger partial charge in [0.05, 0.1) is 19.2 Å². The number of para-hydroxylation sites is 1. The number of piperazine rings is 1.